The molecule has 0 atom stereocenters. The van der Waals surface area contributed by atoms with Crippen LogP contribution < -0.4 is 20.4 Å². The molecule has 2 heterocycles. The average molecular weight is 343 g/mol. The van der Waals surface area contributed by atoms with Crippen molar-refractivity contribution in [1.82, 2.24) is 14.6 Å². The van der Waals surface area contributed by atoms with Crippen molar-refractivity contribution in [2.75, 3.05) is 6.61 Å². The number of nitrogens with zero attached hydrogens (tertiary/aromatic N) is 3. The summed E-state index contributed by atoms with van der Waals surface area (Å²) in [5, 5.41) is 3.99. The molecular weight excluding hydrogens is 326 g/mol. The van der Waals surface area contributed by atoms with Crippen LogP contribution in [-0.2, 0) is 0 Å². The average Bonchev–Trinajstić information content (AvgIpc) is 2.86. The highest BCUT2D eigenvalue weighted by atomic mass is 32.1. The molecular formula is C17H17N3O3S. The molecule has 124 valence electrons. The van der Waals surface area contributed by atoms with Gasteiger partial charge in [-0.3, -0.25) is 9.59 Å². The molecule has 2 aromatic heterocycles. The van der Waals surface area contributed by atoms with Gasteiger partial charge in [0.25, 0.3) is 11.1 Å². The Kier molecular flexibility index (Phi) is 4.71. The number of fused-ring (bicyclic) bond motifs is 1. The van der Waals surface area contributed by atoms with Crippen LogP contribution in [0.3, 0.4) is 0 Å². The lowest BCUT2D eigenvalue weighted by molar-refractivity contribution is 0.309. The highest BCUT2D eigenvalue weighted by Gasteiger charge is 2.08. The smallest absolute Gasteiger partial charge is 0.295 e. The van der Waals surface area contributed by atoms with Crippen molar-refractivity contribution in [3.8, 4) is 5.75 Å². The van der Waals surface area contributed by atoms with Gasteiger partial charge in [0.05, 0.1) is 11.1 Å². The Morgan fingerprint density at radius 1 is 1.25 bits per heavy atom. The second kappa shape index (κ2) is 6.92. The number of aromatic nitrogens is 3. The summed E-state index contributed by atoms with van der Waals surface area (Å²) in [6, 6.07) is 7.54. The third kappa shape index (κ3) is 3.35. The first-order chi connectivity index (χ1) is 11.6. The first-order valence-electron chi connectivity index (χ1n) is 7.73. The third-order valence-electron chi connectivity index (χ3n) is 3.49. The summed E-state index contributed by atoms with van der Waals surface area (Å²) in [4.78, 5) is 28.1. The van der Waals surface area contributed by atoms with E-state index in [0.29, 0.717) is 16.1 Å². The molecule has 3 aromatic rings. The molecule has 0 aliphatic rings. The molecule has 24 heavy (non-hydrogen) atoms. The van der Waals surface area contributed by atoms with E-state index in [1.807, 2.05) is 24.3 Å². The van der Waals surface area contributed by atoms with E-state index in [2.05, 4.69) is 17.0 Å². The molecule has 0 N–H and O–H groups in total. The van der Waals surface area contributed by atoms with Gasteiger partial charge in [0, 0.05) is 0 Å². The number of aryl methyl sites for hydroxylation is 1. The van der Waals surface area contributed by atoms with Gasteiger partial charge in [0.15, 0.2) is 0 Å². The van der Waals surface area contributed by atoms with E-state index in [1.165, 1.54) is 4.52 Å². The molecule has 3 rings (SSSR count). The lowest BCUT2D eigenvalue weighted by Gasteiger charge is -2.04. The second-order valence-electron chi connectivity index (χ2n) is 5.38. The van der Waals surface area contributed by atoms with Gasteiger partial charge in [-0.1, -0.05) is 36.8 Å². The van der Waals surface area contributed by atoms with E-state index < -0.39 is 5.56 Å². The molecule has 0 bridgehead atoms. The lowest BCUT2D eigenvalue weighted by Crippen LogP contribution is -2.27. The predicted molar refractivity (Wildman–Crippen MR) is 93.8 cm³/mol. The molecule has 0 amide bonds. The fourth-order valence-corrected chi connectivity index (χ4v) is 3.04. The molecule has 0 saturated heterocycles. The maximum absolute atomic E-state index is 12.4. The zero-order valence-corrected chi connectivity index (χ0v) is 14.3. The van der Waals surface area contributed by atoms with Gasteiger partial charge >= 0.3 is 0 Å². The van der Waals surface area contributed by atoms with Crippen LogP contribution in [0.2, 0.25) is 0 Å². The van der Waals surface area contributed by atoms with Crippen LogP contribution in [0.25, 0.3) is 11.0 Å². The van der Waals surface area contributed by atoms with Crippen LogP contribution in [0, 0.1) is 6.92 Å². The first-order valence-corrected chi connectivity index (χ1v) is 8.55. The molecule has 6 nitrogen and oxygen atoms in total. The molecule has 0 unspecified atom stereocenters. The Bertz CT molecular complexity index is 1020. The van der Waals surface area contributed by atoms with Gasteiger partial charge in [0.1, 0.15) is 11.4 Å². The van der Waals surface area contributed by atoms with Gasteiger partial charge in [-0.2, -0.15) is 14.6 Å². The Labute approximate surface area is 142 Å². The van der Waals surface area contributed by atoms with Crippen LogP contribution >= 0.6 is 11.3 Å². The molecule has 0 radical (unpaired) electrons. The molecule has 0 spiro atoms. The van der Waals surface area contributed by atoms with Crippen LogP contribution in [0.4, 0.5) is 0 Å². The third-order valence-corrected chi connectivity index (χ3v) is 4.45. The first kappa shape index (κ1) is 16.3. The summed E-state index contributed by atoms with van der Waals surface area (Å²) in [5.74, 6) is 0.809. The maximum atomic E-state index is 12.4. The SMILES string of the molecule is CCCCOc1ccc(/C=c2\sc3nc(=O)c(C)nn3c2=O)cc1. The minimum absolute atomic E-state index is 0.211. The number of thiazole rings is 1. The Balaban J connectivity index is 1.94. The van der Waals surface area contributed by atoms with Crippen molar-refractivity contribution < 1.29 is 4.74 Å². The summed E-state index contributed by atoms with van der Waals surface area (Å²) >= 11 is 1.15. The van der Waals surface area contributed by atoms with Gasteiger partial charge in [-0.25, -0.2) is 0 Å². The van der Waals surface area contributed by atoms with Crippen molar-refractivity contribution >= 4 is 22.4 Å². The van der Waals surface area contributed by atoms with Gasteiger partial charge in [-0.15, -0.1) is 0 Å². The molecule has 0 aliphatic heterocycles. The number of unbranched alkanes of at least 4 members (excludes halogenated alkanes) is 1. The van der Waals surface area contributed by atoms with Crippen molar-refractivity contribution in [1.29, 1.82) is 0 Å². The highest BCUT2D eigenvalue weighted by Crippen LogP contribution is 2.13. The van der Waals surface area contributed by atoms with E-state index in [9.17, 15) is 9.59 Å². The molecule has 0 fully saturated rings. The highest BCUT2D eigenvalue weighted by molar-refractivity contribution is 7.15. The van der Waals surface area contributed by atoms with E-state index in [0.717, 1.165) is 35.5 Å². The van der Waals surface area contributed by atoms with E-state index >= 15 is 0 Å². The Hall–Kier alpha value is -2.54. The van der Waals surface area contributed by atoms with Crippen LogP contribution in [0.15, 0.2) is 33.9 Å². The monoisotopic (exact) mass is 343 g/mol. The largest absolute Gasteiger partial charge is 0.494 e. The maximum Gasteiger partial charge on any atom is 0.295 e. The van der Waals surface area contributed by atoms with E-state index in [-0.39, 0.29) is 11.3 Å². The van der Waals surface area contributed by atoms with Crippen LogP contribution in [0.1, 0.15) is 31.0 Å². The van der Waals surface area contributed by atoms with Gasteiger partial charge in [-0.05, 0) is 37.1 Å². The summed E-state index contributed by atoms with van der Waals surface area (Å²) in [6.07, 6.45) is 3.88. The summed E-state index contributed by atoms with van der Waals surface area (Å²) < 4.78 is 7.28. The minimum Gasteiger partial charge on any atom is -0.494 e. The van der Waals surface area contributed by atoms with E-state index in [4.69, 9.17) is 4.74 Å². The van der Waals surface area contributed by atoms with Crippen LogP contribution in [0.5, 0.6) is 5.75 Å². The topological polar surface area (TPSA) is 73.6 Å². The van der Waals surface area contributed by atoms with Gasteiger partial charge in [0.2, 0.25) is 4.96 Å². The molecule has 0 saturated carbocycles. The fraction of sp³-hybridized carbons (Fsp3) is 0.294. The normalized spacial score (nSPS) is 12.0. The lowest BCUT2D eigenvalue weighted by atomic mass is 10.2. The number of benzene rings is 1. The molecule has 7 heteroatoms. The Morgan fingerprint density at radius 2 is 2.00 bits per heavy atom. The van der Waals surface area contributed by atoms with Crippen LogP contribution in [-0.4, -0.2) is 21.2 Å². The molecule has 0 aliphatic carbocycles. The standard InChI is InChI=1S/C17H17N3O3S/c1-3-4-9-23-13-7-5-12(6-8-13)10-14-16(22)20-17(24-14)18-15(21)11(2)19-20/h5-8,10H,3-4,9H2,1-2H3/b14-10-. The fourth-order valence-electron chi connectivity index (χ4n) is 2.13. The second-order valence-corrected chi connectivity index (χ2v) is 6.39. The predicted octanol–water partition coefficient (Wildman–Crippen LogP) is 1.55. The Morgan fingerprint density at radius 3 is 2.71 bits per heavy atom. The number of rotatable bonds is 5. The quantitative estimate of drug-likeness (QED) is 0.657. The van der Waals surface area contributed by atoms with Crippen molar-refractivity contribution in [3.05, 3.63) is 60.8 Å². The number of hydrogen-bond donors (Lipinski definition) is 0. The zero-order chi connectivity index (χ0) is 17.1. The zero-order valence-electron chi connectivity index (χ0n) is 13.5. The minimum atomic E-state index is -0.406. The van der Waals surface area contributed by atoms with Crippen molar-refractivity contribution in [2.24, 2.45) is 0 Å². The number of ether oxygens (including phenoxy) is 1. The summed E-state index contributed by atoms with van der Waals surface area (Å²) in [5.41, 5.74) is 0.411. The van der Waals surface area contributed by atoms with Crippen molar-refractivity contribution in [3.63, 3.8) is 0 Å². The summed E-state index contributed by atoms with van der Waals surface area (Å²) in [6.45, 7) is 4.36. The number of hydrogen-bond acceptors (Lipinski definition) is 6. The summed E-state index contributed by atoms with van der Waals surface area (Å²) in [7, 11) is 0. The van der Waals surface area contributed by atoms with E-state index in [1.54, 1.807) is 13.0 Å². The van der Waals surface area contributed by atoms with Gasteiger partial charge < -0.3 is 4.74 Å². The molecule has 1 aromatic carbocycles. The van der Waals surface area contributed by atoms with Crippen molar-refractivity contribution in [2.45, 2.75) is 26.7 Å².